The number of hydrogen-bond donors (Lipinski definition) is 2. The van der Waals surface area contributed by atoms with Gasteiger partial charge in [-0.05, 0) is 37.6 Å². The van der Waals surface area contributed by atoms with Crippen LogP contribution < -0.4 is 10.7 Å². The van der Waals surface area contributed by atoms with Crippen molar-refractivity contribution in [3.63, 3.8) is 0 Å². The number of hydrazone groups is 1. The van der Waals surface area contributed by atoms with Crippen molar-refractivity contribution in [2.45, 2.75) is 26.7 Å². The van der Waals surface area contributed by atoms with Gasteiger partial charge in [0.25, 0.3) is 11.6 Å². The topological polar surface area (TPSA) is 114 Å². The molecular formula is C19H20N4O4. The smallest absolute Gasteiger partial charge is 0.271 e. The quantitative estimate of drug-likeness (QED) is 0.442. The molecule has 2 amide bonds. The number of carbonyl (C=O) groups excluding carboxylic acids is 2. The molecule has 0 saturated heterocycles. The molecule has 0 aliphatic heterocycles. The van der Waals surface area contributed by atoms with Gasteiger partial charge in [0, 0.05) is 35.4 Å². The first kappa shape index (κ1) is 19.8. The molecule has 0 heterocycles. The van der Waals surface area contributed by atoms with E-state index in [9.17, 15) is 19.7 Å². The molecule has 0 aliphatic carbocycles. The Labute approximate surface area is 156 Å². The first-order valence-electron chi connectivity index (χ1n) is 8.40. The van der Waals surface area contributed by atoms with Gasteiger partial charge >= 0.3 is 0 Å². The lowest BCUT2D eigenvalue weighted by atomic mass is 10.1. The van der Waals surface area contributed by atoms with Crippen LogP contribution in [0.2, 0.25) is 0 Å². The zero-order valence-corrected chi connectivity index (χ0v) is 15.1. The lowest BCUT2D eigenvalue weighted by Crippen LogP contribution is -2.19. The first-order chi connectivity index (χ1) is 12.9. The number of non-ortho nitro benzene ring substituents is 1. The molecule has 27 heavy (non-hydrogen) atoms. The van der Waals surface area contributed by atoms with E-state index >= 15 is 0 Å². The standard InChI is InChI=1S/C19H20N4O4/c1-3-5-18(24)20-16-10-8-14(9-11-16)19(25)22-21-13(2)15-6-4-7-17(12-15)23(26)27/h4,6-12H,3,5H2,1-2H3,(H,20,24)(H,22,25). The van der Waals surface area contributed by atoms with Crippen LogP contribution in [0.15, 0.2) is 53.6 Å². The van der Waals surface area contributed by atoms with Crippen LogP contribution in [0.1, 0.15) is 42.6 Å². The van der Waals surface area contributed by atoms with Gasteiger partial charge in [-0.25, -0.2) is 5.43 Å². The third-order valence-corrected chi connectivity index (χ3v) is 3.71. The number of nitrogens with one attached hydrogen (secondary N) is 2. The number of nitro groups is 1. The predicted molar refractivity (Wildman–Crippen MR) is 103 cm³/mol. The van der Waals surface area contributed by atoms with Crippen molar-refractivity contribution in [2.75, 3.05) is 5.32 Å². The molecule has 0 bridgehead atoms. The zero-order chi connectivity index (χ0) is 19.8. The average molecular weight is 368 g/mol. The van der Waals surface area contributed by atoms with Gasteiger partial charge in [-0.15, -0.1) is 0 Å². The number of nitro benzene ring substituents is 1. The van der Waals surface area contributed by atoms with Crippen LogP contribution in [0.4, 0.5) is 11.4 Å². The molecule has 0 saturated carbocycles. The number of hydrogen-bond acceptors (Lipinski definition) is 5. The Morgan fingerprint density at radius 3 is 2.44 bits per heavy atom. The molecule has 0 fully saturated rings. The van der Waals surface area contributed by atoms with E-state index in [0.29, 0.717) is 28.9 Å². The molecule has 0 radical (unpaired) electrons. The number of rotatable bonds is 7. The van der Waals surface area contributed by atoms with E-state index in [1.54, 1.807) is 43.3 Å². The Morgan fingerprint density at radius 1 is 1.11 bits per heavy atom. The maximum absolute atomic E-state index is 12.2. The largest absolute Gasteiger partial charge is 0.326 e. The number of amides is 2. The van der Waals surface area contributed by atoms with Crippen LogP contribution in [-0.4, -0.2) is 22.4 Å². The summed E-state index contributed by atoms with van der Waals surface area (Å²) in [6.07, 6.45) is 1.20. The summed E-state index contributed by atoms with van der Waals surface area (Å²) in [6.45, 7) is 3.56. The Hall–Kier alpha value is -3.55. The summed E-state index contributed by atoms with van der Waals surface area (Å²) in [4.78, 5) is 34.1. The monoisotopic (exact) mass is 368 g/mol. The highest BCUT2D eigenvalue weighted by Gasteiger charge is 2.09. The van der Waals surface area contributed by atoms with Crippen molar-refractivity contribution >= 4 is 28.9 Å². The van der Waals surface area contributed by atoms with Crippen molar-refractivity contribution in [1.82, 2.24) is 5.43 Å². The molecule has 140 valence electrons. The summed E-state index contributed by atoms with van der Waals surface area (Å²) >= 11 is 0. The van der Waals surface area contributed by atoms with Gasteiger partial charge in [-0.1, -0.05) is 19.1 Å². The second kappa shape index (κ2) is 9.23. The van der Waals surface area contributed by atoms with Gasteiger partial charge in [0.1, 0.15) is 0 Å². The van der Waals surface area contributed by atoms with Gasteiger partial charge in [-0.3, -0.25) is 19.7 Å². The van der Waals surface area contributed by atoms with E-state index in [0.717, 1.165) is 6.42 Å². The SMILES string of the molecule is CCCC(=O)Nc1ccc(C(=O)NN=C(C)c2cccc([N+](=O)[O-])c2)cc1. The van der Waals surface area contributed by atoms with Crippen molar-refractivity contribution in [2.24, 2.45) is 5.10 Å². The maximum Gasteiger partial charge on any atom is 0.271 e. The molecule has 2 aromatic carbocycles. The molecule has 2 N–H and O–H groups in total. The lowest BCUT2D eigenvalue weighted by molar-refractivity contribution is -0.384. The molecule has 0 unspecified atom stereocenters. The number of benzene rings is 2. The number of nitrogens with zero attached hydrogens (tertiary/aromatic N) is 2. The molecular weight excluding hydrogens is 348 g/mol. The van der Waals surface area contributed by atoms with Crippen LogP contribution in [0.5, 0.6) is 0 Å². The molecule has 0 atom stereocenters. The predicted octanol–water partition coefficient (Wildman–Crippen LogP) is 3.49. The van der Waals surface area contributed by atoms with Gasteiger partial charge in [-0.2, -0.15) is 5.10 Å². The normalized spacial score (nSPS) is 11.0. The third kappa shape index (κ3) is 5.74. The second-order valence-electron chi connectivity index (χ2n) is 5.82. The Kier molecular flexibility index (Phi) is 6.76. The van der Waals surface area contributed by atoms with Crippen molar-refractivity contribution in [3.05, 3.63) is 69.8 Å². The summed E-state index contributed by atoms with van der Waals surface area (Å²) in [5.41, 5.74) is 4.34. The molecule has 0 aromatic heterocycles. The molecule has 2 rings (SSSR count). The Morgan fingerprint density at radius 2 is 1.81 bits per heavy atom. The van der Waals surface area contributed by atoms with E-state index in [1.165, 1.54) is 12.1 Å². The average Bonchev–Trinajstić information content (AvgIpc) is 2.66. The maximum atomic E-state index is 12.2. The van der Waals surface area contributed by atoms with E-state index in [-0.39, 0.29) is 11.6 Å². The van der Waals surface area contributed by atoms with E-state index in [2.05, 4.69) is 15.8 Å². The van der Waals surface area contributed by atoms with Crippen molar-refractivity contribution < 1.29 is 14.5 Å². The minimum atomic E-state index is -0.490. The van der Waals surface area contributed by atoms with Crippen LogP contribution >= 0.6 is 0 Å². The highest BCUT2D eigenvalue weighted by atomic mass is 16.6. The van der Waals surface area contributed by atoms with Gasteiger partial charge in [0.05, 0.1) is 10.6 Å². The highest BCUT2D eigenvalue weighted by Crippen LogP contribution is 2.14. The molecule has 8 nitrogen and oxygen atoms in total. The summed E-state index contributed by atoms with van der Waals surface area (Å²) in [5.74, 6) is -0.502. The molecule has 0 aliphatic rings. The minimum Gasteiger partial charge on any atom is -0.326 e. The number of anilines is 1. The number of carbonyl (C=O) groups is 2. The van der Waals surface area contributed by atoms with Gasteiger partial charge in [0.15, 0.2) is 0 Å². The van der Waals surface area contributed by atoms with Gasteiger partial charge < -0.3 is 5.32 Å². The van der Waals surface area contributed by atoms with E-state index in [1.807, 2.05) is 6.92 Å². The summed E-state index contributed by atoms with van der Waals surface area (Å²) in [7, 11) is 0. The van der Waals surface area contributed by atoms with Crippen LogP contribution in [0.25, 0.3) is 0 Å². The minimum absolute atomic E-state index is 0.0471. The van der Waals surface area contributed by atoms with Crippen molar-refractivity contribution in [1.29, 1.82) is 0 Å². The van der Waals surface area contributed by atoms with Crippen LogP contribution in [-0.2, 0) is 4.79 Å². The Bertz CT molecular complexity index is 876. The molecule has 2 aromatic rings. The van der Waals surface area contributed by atoms with Crippen LogP contribution in [0.3, 0.4) is 0 Å². The zero-order valence-electron chi connectivity index (χ0n) is 15.1. The Balaban J connectivity index is 2.02. The fraction of sp³-hybridized carbons (Fsp3) is 0.211. The second-order valence-corrected chi connectivity index (χ2v) is 5.82. The first-order valence-corrected chi connectivity index (χ1v) is 8.40. The van der Waals surface area contributed by atoms with E-state index in [4.69, 9.17) is 0 Å². The van der Waals surface area contributed by atoms with E-state index < -0.39 is 10.8 Å². The summed E-state index contributed by atoms with van der Waals surface area (Å²) in [5, 5.41) is 17.6. The fourth-order valence-corrected chi connectivity index (χ4v) is 2.26. The molecule has 8 heteroatoms. The van der Waals surface area contributed by atoms with Gasteiger partial charge in [0.2, 0.25) is 5.91 Å². The summed E-state index contributed by atoms with van der Waals surface area (Å²) < 4.78 is 0. The van der Waals surface area contributed by atoms with Crippen molar-refractivity contribution in [3.8, 4) is 0 Å². The van der Waals surface area contributed by atoms with Crippen LogP contribution in [0, 0.1) is 10.1 Å². The third-order valence-electron chi connectivity index (χ3n) is 3.71. The fourth-order valence-electron chi connectivity index (χ4n) is 2.26. The molecule has 0 spiro atoms. The highest BCUT2D eigenvalue weighted by molar-refractivity contribution is 6.01. The summed E-state index contributed by atoms with van der Waals surface area (Å²) in [6, 6.07) is 12.4. The lowest BCUT2D eigenvalue weighted by Gasteiger charge is -2.06.